The van der Waals surface area contributed by atoms with Crippen molar-refractivity contribution in [1.82, 2.24) is 5.32 Å². The van der Waals surface area contributed by atoms with Gasteiger partial charge in [-0.15, -0.1) is 12.4 Å². The predicted octanol–water partition coefficient (Wildman–Crippen LogP) is 1.86. The number of anilines is 2. The Morgan fingerprint density at radius 1 is 1.44 bits per heavy atom. The van der Waals surface area contributed by atoms with Crippen molar-refractivity contribution < 1.29 is 4.79 Å². The molecule has 4 nitrogen and oxygen atoms in total. The van der Waals surface area contributed by atoms with E-state index in [0.717, 1.165) is 24.5 Å². The van der Waals surface area contributed by atoms with Gasteiger partial charge in [-0.05, 0) is 26.0 Å². The van der Waals surface area contributed by atoms with Crippen LogP contribution in [0.5, 0.6) is 0 Å². The molecule has 0 unspecified atom stereocenters. The van der Waals surface area contributed by atoms with Crippen LogP contribution in [0.2, 0.25) is 0 Å². The van der Waals surface area contributed by atoms with E-state index in [2.05, 4.69) is 15.5 Å². The molecule has 1 aliphatic rings. The van der Waals surface area contributed by atoms with E-state index in [4.69, 9.17) is 0 Å². The molecule has 1 aromatic rings. The quantitative estimate of drug-likeness (QED) is 0.881. The number of benzene rings is 1. The summed E-state index contributed by atoms with van der Waals surface area (Å²) < 4.78 is 0. The first kappa shape index (κ1) is 14.6. The van der Waals surface area contributed by atoms with Crippen molar-refractivity contribution in [3.63, 3.8) is 0 Å². The van der Waals surface area contributed by atoms with Gasteiger partial charge >= 0.3 is 0 Å². The highest BCUT2D eigenvalue weighted by Gasteiger charge is 2.18. The van der Waals surface area contributed by atoms with E-state index < -0.39 is 0 Å². The Kier molecular flexibility index (Phi) is 5.28. The Bertz CT molecular complexity index is 409. The first-order valence-electron chi connectivity index (χ1n) is 6.04. The van der Waals surface area contributed by atoms with E-state index >= 15 is 0 Å². The normalized spacial score (nSPS) is 13.4. The number of nitrogens with zero attached hydrogens (tertiary/aromatic N) is 1. The Labute approximate surface area is 114 Å². The summed E-state index contributed by atoms with van der Waals surface area (Å²) in [5, 5.41) is 6.25. The van der Waals surface area contributed by atoms with Crippen molar-refractivity contribution in [1.29, 1.82) is 0 Å². The van der Waals surface area contributed by atoms with Gasteiger partial charge in [-0.25, -0.2) is 0 Å². The number of amides is 1. The number of carbonyl (C=O) groups excluding carboxylic acids is 1. The molecule has 1 heterocycles. The van der Waals surface area contributed by atoms with Crippen LogP contribution in [0.15, 0.2) is 24.3 Å². The standard InChI is InChI=1S/C13H19N3O.ClH/c1-10(2)15-13(17)9-16-8-7-14-11-5-3-4-6-12(11)16;/h3-6,10,14H,7-9H2,1-2H3,(H,15,17);1H. The van der Waals surface area contributed by atoms with Crippen LogP contribution in [0, 0.1) is 0 Å². The third-order valence-electron chi connectivity index (χ3n) is 2.73. The van der Waals surface area contributed by atoms with Gasteiger partial charge in [-0.1, -0.05) is 12.1 Å². The molecular formula is C13H20ClN3O. The van der Waals surface area contributed by atoms with Crippen LogP contribution in [0.25, 0.3) is 0 Å². The molecule has 2 N–H and O–H groups in total. The minimum absolute atomic E-state index is 0. The van der Waals surface area contributed by atoms with Crippen LogP contribution in [0.1, 0.15) is 13.8 Å². The maximum Gasteiger partial charge on any atom is 0.239 e. The number of nitrogens with one attached hydrogen (secondary N) is 2. The Morgan fingerprint density at radius 2 is 2.17 bits per heavy atom. The summed E-state index contributed by atoms with van der Waals surface area (Å²) >= 11 is 0. The Balaban J connectivity index is 0.00000162. The fourth-order valence-corrected chi connectivity index (χ4v) is 2.05. The maximum atomic E-state index is 11.8. The third kappa shape index (κ3) is 3.53. The number of para-hydroxylation sites is 2. The van der Waals surface area contributed by atoms with Gasteiger partial charge < -0.3 is 15.5 Å². The largest absolute Gasteiger partial charge is 0.382 e. The summed E-state index contributed by atoms with van der Waals surface area (Å²) in [7, 11) is 0. The van der Waals surface area contributed by atoms with Crippen LogP contribution in [-0.4, -0.2) is 31.6 Å². The number of halogens is 1. The summed E-state index contributed by atoms with van der Waals surface area (Å²) in [5.41, 5.74) is 2.22. The van der Waals surface area contributed by atoms with Crippen molar-refractivity contribution in [2.75, 3.05) is 29.9 Å². The minimum atomic E-state index is 0. The molecule has 1 aromatic carbocycles. The second kappa shape index (κ2) is 6.50. The molecule has 18 heavy (non-hydrogen) atoms. The highest BCUT2D eigenvalue weighted by Crippen LogP contribution is 2.27. The lowest BCUT2D eigenvalue weighted by Crippen LogP contribution is -2.43. The van der Waals surface area contributed by atoms with E-state index in [1.165, 1.54) is 0 Å². The first-order valence-corrected chi connectivity index (χ1v) is 6.04. The molecule has 0 radical (unpaired) electrons. The topological polar surface area (TPSA) is 44.4 Å². The second-order valence-corrected chi connectivity index (χ2v) is 4.59. The number of hydrogen-bond acceptors (Lipinski definition) is 3. The highest BCUT2D eigenvalue weighted by molar-refractivity contribution is 5.85. The molecule has 0 saturated heterocycles. The zero-order valence-corrected chi connectivity index (χ0v) is 11.6. The zero-order valence-electron chi connectivity index (χ0n) is 10.8. The van der Waals surface area contributed by atoms with Gasteiger partial charge in [0.1, 0.15) is 0 Å². The average Bonchev–Trinajstić information content (AvgIpc) is 2.28. The van der Waals surface area contributed by atoms with E-state index in [1.54, 1.807) is 0 Å². The summed E-state index contributed by atoms with van der Waals surface area (Å²) in [4.78, 5) is 13.9. The van der Waals surface area contributed by atoms with Gasteiger partial charge in [0.15, 0.2) is 0 Å². The lowest BCUT2D eigenvalue weighted by atomic mass is 10.2. The Hall–Kier alpha value is -1.42. The molecule has 1 amide bonds. The van der Waals surface area contributed by atoms with E-state index in [0.29, 0.717) is 6.54 Å². The van der Waals surface area contributed by atoms with Crippen molar-refractivity contribution >= 4 is 29.7 Å². The lowest BCUT2D eigenvalue weighted by molar-refractivity contribution is -0.120. The molecule has 0 saturated carbocycles. The number of hydrogen-bond donors (Lipinski definition) is 2. The van der Waals surface area contributed by atoms with Crippen molar-refractivity contribution in [3.05, 3.63) is 24.3 Å². The number of rotatable bonds is 3. The molecule has 0 bridgehead atoms. The number of fused-ring (bicyclic) bond motifs is 1. The average molecular weight is 270 g/mol. The van der Waals surface area contributed by atoms with Crippen molar-refractivity contribution in [2.24, 2.45) is 0 Å². The van der Waals surface area contributed by atoms with Gasteiger partial charge in [0, 0.05) is 19.1 Å². The summed E-state index contributed by atoms with van der Waals surface area (Å²) in [5.74, 6) is 0.0803. The maximum absolute atomic E-state index is 11.8. The van der Waals surface area contributed by atoms with Crippen LogP contribution < -0.4 is 15.5 Å². The number of carbonyl (C=O) groups is 1. The van der Waals surface area contributed by atoms with Gasteiger partial charge in [-0.3, -0.25) is 4.79 Å². The van der Waals surface area contributed by atoms with Crippen LogP contribution in [0.4, 0.5) is 11.4 Å². The van der Waals surface area contributed by atoms with Gasteiger partial charge in [0.25, 0.3) is 0 Å². The minimum Gasteiger partial charge on any atom is -0.382 e. The summed E-state index contributed by atoms with van der Waals surface area (Å²) in [6.07, 6.45) is 0. The smallest absolute Gasteiger partial charge is 0.239 e. The van der Waals surface area contributed by atoms with Gasteiger partial charge in [-0.2, -0.15) is 0 Å². The van der Waals surface area contributed by atoms with Crippen molar-refractivity contribution in [3.8, 4) is 0 Å². The highest BCUT2D eigenvalue weighted by atomic mass is 35.5. The molecule has 0 aliphatic carbocycles. The summed E-state index contributed by atoms with van der Waals surface area (Å²) in [6.45, 7) is 6.12. The molecule has 0 aromatic heterocycles. The van der Waals surface area contributed by atoms with Crippen LogP contribution >= 0.6 is 12.4 Å². The van der Waals surface area contributed by atoms with E-state index in [9.17, 15) is 4.79 Å². The molecule has 5 heteroatoms. The molecule has 100 valence electrons. The van der Waals surface area contributed by atoms with Gasteiger partial charge in [0.05, 0.1) is 17.9 Å². The Morgan fingerprint density at radius 3 is 2.89 bits per heavy atom. The zero-order chi connectivity index (χ0) is 12.3. The van der Waals surface area contributed by atoms with E-state index in [-0.39, 0.29) is 24.4 Å². The SMILES string of the molecule is CC(C)NC(=O)CN1CCNc2ccccc21.Cl. The monoisotopic (exact) mass is 269 g/mol. The molecular weight excluding hydrogens is 250 g/mol. The van der Waals surface area contributed by atoms with Crippen LogP contribution in [-0.2, 0) is 4.79 Å². The lowest BCUT2D eigenvalue weighted by Gasteiger charge is -2.31. The third-order valence-corrected chi connectivity index (χ3v) is 2.73. The fourth-order valence-electron chi connectivity index (χ4n) is 2.05. The fraction of sp³-hybridized carbons (Fsp3) is 0.462. The predicted molar refractivity (Wildman–Crippen MR) is 77.7 cm³/mol. The molecule has 0 spiro atoms. The molecule has 0 fully saturated rings. The second-order valence-electron chi connectivity index (χ2n) is 4.59. The van der Waals surface area contributed by atoms with Crippen LogP contribution in [0.3, 0.4) is 0 Å². The van der Waals surface area contributed by atoms with Gasteiger partial charge in [0.2, 0.25) is 5.91 Å². The molecule has 0 atom stereocenters. The van der Waals surface area contributed by atoms with E-state index in [1.807, 2.05) is 38.1 Å². The summed E-state index contributed by atoms with van der Waals surface area (Å²) in [6, 6.07) is 8.29. The van der Waals surface area contributed by atoms with Crippen molar-refractivity contribution in [2.45, 2.75) is 19.9 Å². The molecule has 2 rings (SSSR count). The molecule has 1 aliphatic heterocycles. The first-order chi connectivity index (χ1) is 8.16.